The van der Waals surface area contributed by atoms with E-state index in [1.165, 1.54) is 0 Å². The molecule has 1 aliphatic rings. The van der Waals surface area contributed by atoms with E-state index in [0.29, 0.717) is 12.8 Å². The van der Waals surface area contributed by atoms with E-state index in [0.717, 1.165) is 0 Å². The van der Waals surface area contributed by atoms with Gasteiger partial charge < -0.3 is 9.84 Å². The van der Waals surface area contributed by atoms with E-state index in [1.54, 1.807) is 0 Å². The Morgan fingerprint density at radius 2 is 2.13 bits per heavy atom. The van der Waals surface area contributed by atoms with E-state index in [4.69, 9.17) is 11.2 Å². The van der Waals surface area contributed by atoms with Crippen molar-refractivity contribution in [2.45, 2.75) is 44.4 Å². The highest BCUT2D eigenvalue weighted by molar-refractivity contribution is 5.79. The molecule has 4 nitrogen and oxygen atoms in total. The van der Waals surface area contributed by atoms with Gasteiger partial charge in [0, 0.05) is 12.8 Å². The molecule has 1 saturated heterocycles. The first kappa shape index (κ1) is 12.0. The van der Waals surface area contributed by atoms with Gasteiger partial charge in [0.05, 0.1) is 18.8 Å². The molecular weight excluding hydrogens is 194 g/mol. The monoisotopic (exact) mass is 211 g/mol. The van der Waals surface area contributed by atoms with E-state index in [-0.39, 0.29) is 18.8 Å². The summed E-state index contributed by atoms with van der Waals surface area (Å²) < 4.78 is 5.52. The normalized spacial score (nSPS) is 35.8. The van der Waals surface area contributed by atoms with Gasteiger partial charge in [-0.2, -0.15) is 0 Å². The van der Waals surface area contributed by atoms with Gasteiger partial charge in [-0.3, -0.25) is 10.1 Å². The zero-order valence-electron chi connectivity index (χ0n) is 9.12. The van der Waals surface area contributed by atoms with Crippen LogP contribution in [-0.2, 0) is 9.53 Å². The van der Waals surface area contributed by atoms with Crippen LogP contribution in [0.5, 0.6) is 0 Å². The topological polar surface area (TPSA) is 58.6 Å². The molecule has 0 saturated carbocycles. The van der Waals surface area contributed by atoms with Crippen LogP contribution >= 0.6 is 0 Å². The Balaban J connectivity index is 2.80. The molecule has 0 aromatic rings. The highest BCUT2D eigenvalue weighted by atomic mass is 16.5. The molecule has 0 bridgehead atoms. The minimum absolute atomic E-state index is 0.0601. The van der Waals surface area contributed by atoms with Crippen molar-refractivity contribution in [2.75, 3.05) is 6.54 Å². The fourth-order valence-electron chi connectivity index (χ4n) is 2.17. The minimum atomic E-state index is -0.927. The van der Waals surface area contributed by atoms with Crippen molar-refractivity contribution in [3.63, 3.8) is 0 Å². The van der Waals surface area contributed by atoms with E-state index < -0.39 is 11.5 Å². The van der Waals surface area contributed by atoms with Crippen molar-refractivity contribution < 1.29 is 14.6 Å². The maximum absolute atomic E-state index is 11.3. The third-order valence-electron chi connectivity index (χ3n) is 2.67. The van der Waals surface area contributed by atoms with Gasteiger partial charge in [0.25, 0.3) is 0 Å². The lowest BCUT2D eigenvalue weighted by Crippen LogP contribution is -2.58. The summed E-state index contributed by atoms with van der Waals surface area (Å²) in [7, 11) is 0. The Morgan fingerprint density at radius 3 is 2.53 bits per heavy atom. The molecule has 0 radical (unpaired) electrons. The number of nitrogens with one attached hydrogen (secondary N) is 1. The maximum atomic E-state index is 11.3. The Kier molecular flexibility index (Phi) is 3.72. The van der Waals surface area contributed by atoms with E-state index in [1.807, 2.05) is 13.8 Å². The molecule has 2 unspecified atom stereocenters. The molecule has 0 aromatic heterocycles. The number of ether oxygens (including phenoxy) is 1. The number of aliphatic carboxylic acids is 1. The van der Waals surface area contributed by atoms with Gasteiger partial charge in [0.1, 0.15) is 5.54 Å². The Hall–Kier alpha value is -1.05. The molecule has 1 aliphatic heterocycles. The number of terminal acetylenes is 1. The average Bonchev–Trinajstić information content (AvgIpc) is 2.13. The zero-order chi connectivity index (χ0) is 11.5. The second-order valence-electron chi connectivity index (χ2n) is 4.11. The van der Waals surface area contributed by atoms with Crippen molar-refractivity contribution >= 4 is 5.97 Å². The Bertz CT molecular complexity index is 272. The molecule has 1 heterocycles. The standard InChI is InChI=1S/C11H17NO3/c1-4-5-12-11(10(13)14)6-8(2)15-9(3)7-11/h1,8-9,12H,5-7H2,2-3H3,(H,13,14). The van der Waals surface area contributed by atoms with E-state index in [9.17, 15) is 9.90 Å². The summed E-state index contributed by atoms with van der Waals surface area (Å²) in [6.45, 7) is 4.03. The lowest BCUT2D eigenvalue weighted by molar-refractivity contribution is -0.155. The number of carboxylic acids is 1. The van der Waals surface area contributed by atoms with Crippen LogP contribution in [0.1, 0.15) is 26.7 Å². The Morgan fingerprint density at radius 1 is 1.60 bits per heavy atom. The van der Waals surface area contributed by atoms with Gasteiger partial charge in [-0.05, 0) is 13.8 Å². The second-order valence-corrected chi connectivity index (χ2v) is 4.11. The molecular formula is C11H17NO3. The van der Waals surface area contributed by atoms with Crippen LogP contribution in [0.25, 0.3) is 0 Å². The molecule has 1 fully saturated rings. The predicted molar refractivity (Wildman–Crippen MR) is 56.4 cm³/mol. The third-order valence-corrected chi connectivity index (χ3v) is 2.67. The molecule has 0 aromatic carbocycles. The summed E-state index contributed by atoms with van der Waals surface area (Å²) in [5.41, 5.74) is -0.927. The number of hydrogen-bond acceptors (Lipinski definition) is 3. The van der Waals surface area contributed by atoms with Gasteiger partial charge in [0.15, 0.2) is 0 Å². The molecule has 4 heteroatoms. The van der Waals surface area contributed by atoms with Crippen molar-refractivity contribution in [3.8, 4) is 12.3 Å². The van der Waals surface area contributed by atoms with E-state index >= 15 is 0 Å². The predicted octanol–water partition coefficient (Wildman–Crippen LogP) is 0.620. The van der Waals surface area contributed by atoms with Crippen molar-refractivity contribution in [2.24, 2.45) is 0 Å². The van der Waals surface area contributed by atoms with E-state index in [2.05, 4.69) is 11.2 Å². The van der Waals surface area contributed by atoms with Gasteiger partial charge in [0.2, 0.25) is 0 Å². The SMILES string of the molecule is C#CCNC1(C(=O)O)CC(C)OC(C)C1. The first-order chi connectivity index (χ1) is 7.00. The molecule has 2 N–H and O–H groups in total. The van der Waals surface area contributed by atoms with Crippen LogP contribution in [-0.4, -0.2) is 35.4 Å². The molecule has 2 atom stereocenters. The van der Waals surface area contributed by atoms with Crippen LogP contribution in [0, 0.1) is 12.3 Å². The minimum Gasteiger partial charge on any atom is -0.480 e. The quantitative estimate of drug-likeness (QED) is 0.672. The first-order valence-electron chi connectivity index (χ1n) is 5.07. The summed E-state index contributed by atoms with van der Waals surface area (Å²) in [5.74, 6) is 1.56. The molecule has 1 rings (SSSR count). The van der Waals surface area contributed by atoms with Crippen LogP contribution in [0.15, 0.2) is 0 Å². The molecule has 0 aliphatic carbocycles. The van der Waals surface area contributed by atoms with Crippen molar-refractivity contribution in [1.82, 2.24) is 5.32 Å². The number of hydrogen-bond donors (Lipinski definition) is 2. The second kappa shape index (κ2) is 4.65. The summed E-state index contributed by atoms with van der Waals surface area (Å²) >= 11 is 0. The molecule has 84 valence electrons. The number of carboxylic acid groups (broad SMARTS) is 1. The zero-order valence-corrected chi connectivity index (χ0v) is 9.12. The molecule has 0 amide bonds. The van der Waals surface area contributed by atoms with Gasteiger partial charge in [-0.1, -0.05) is 5.92 Å². The van der Waals surface area contributed by atoms with Crippen LogP contribution in [0.2, 0.25) is 0 Å². The van der Waals surface area contributed by atoms with Gasteiger partial charge in [-0.25, -0.2) is 0 Å². The van der Waals surface area contributed by atoms with Gasteiger partial charge >= 0.3 is 5.97 Å². The van der Waals surface area contributed by atoms with Crippen LogP contribution < -0.4 is 5.32 Å². The largest absolute Gasteiger partial charge is 0.480 e. The smallest absolute Gasteiger partial charge is 0.324 e. The third kappa shape index (κ3) is 2.71. The maximum Gasteiger partial charge on any atom is 0.324 e. The highest BCUT2D eigenvalue weighted by Gasteiger charge is 2.44. The van der Waals surface area contributed by atoms with Crippen LogP contribution in [0.4, 0.5) is 0 Å². The Labute approximate surface area is 90.0 Å². The fourth-order valence-corrected chi connectivity index (χ4v) is 2.17. The van der Waals surface area contributed by atoms with Crippen molar-refractivity contribution in [1.29, 1.82) is 0 Å². The average molecular weight is 211 g/mol. The summed E-state index contributed by atoms with van der Waals surface area (Å²) in [6.07, 6.45) is 5.92. The lowest BCUT2D eigenvalue weighted by Gasteiger charge is -2.40. The molecule has 15 heavy (non-hydrogen) atoms. The number of rotatable bonds is 3. The highest BCUT2D eigenvalue weighted by Crippen LogP contribution is 2.29. The summed E-state index contributed by atoms with van der Waals surface area (Å²) in [6, 6.07) is 0. The summed E-state index contributed by atoms with van der Waals surface area (Å²) in [5, 5.41) is 12.2. The van der Waals surface area contributed by atoms with Gasteiger partial charge in [-0.15, -0.1) is 6.42 Å². The van der Waals surface area contributed by atoms with Crippen molar-refractivity contribution in [3.05, 3.63) is 0 Å². The summed E-state index contributed by atoms with van der Waals surface area (Å²) in [4.78, 5) is 11.3. The van der Waals surface area contributed by atoms with Crippen LogP contribution in [0.3, 0.4) is 0 Å². The molecule has 0 spiro atoms. The number of carbonyl (C=O) groups is 1. The first-order valence-corrected chi connectivity index (χ1v) is 5.07. The fraction of sp³-hybridized carbons (Fsp3) is 0.727. The lowest BCUT2D eigenvalue weighted by atomic mass is 9.84.